The highest BCUT2D eigenvalue weighted by molar-refractivity contribution is 7.99. The largest absolute Gasteiger partial charge is 0.323 e. The van der Waals surface area contributed by atoms with Crippen LogP contribution in [0, 0.1) is 0 Å². The third-order valence-corrected chi connectivity index (χ3v) is 6.86. The smallest absolute Gasteiger partial charge is 0.307 e. The van der Waals surface area contributed by atoms with E-state index in [-0.39, 0.29) is 11.4 Å². The summed E-state index contributed by atoms with van der Waals surface area (Å²) in [5.41, 5.74) is 3.41. The first kappa shape index (κ1) is 18.3. The summed E-state index contributed by atoms with van der Waals surface area (Å²) in [7, 11) is 0. The molecule has 2 amide bonds. The zero-order valence-corrected chi connectivity index (χ0v) is 16.9. The molecule has 0 aliphatic carbocycles. The lowest BCUT2D eigenvalue weighted by Gasteiger charge is -2.26. The number of carbonyl (C=O) groups is 1. The van der Waals surface area contributed by atoms with E-state index in [9.17, 15) is 4.79 Å². The molecular weight excluding hydrogens is 348 g/mol. The van der Waals surface area contributed by atoms with Gasteiger partial charge in [-0.25, -0.2) is 4.79 Å². The van der Waals surface area contributed by atoms with Crippen LogP contribution in [0.4, 0.5) is 10.5 Å². The predicted molar refractivity (Wildman–Crippen MR) is 110 cm³/mol. The molecule has 3 rings (SSSR count). The highest BCUT2D eigenvalue weighted by Crippen LogP contribution is 2.41. The minimum Gasteiger partial charge on any atom is -0.307 e. The number of hydrogen-bond acceptors (Lipinski definition) is 3. The summed E-state index contributed by atoms with van der Waals surface area (Å²) in [5.74, 6) is 1.73. The van der Waals surface area contributed by atoms with Crippen LogP contribution in [0.5, 0.6) is 0 Å². The summed E-state index contributed by atoms with van der Waals surface area (Å²) >= 11 is 3.56. The molecule has 134 valence electrons. The van der Waals surface area contributed by atoms with Crippen molar-refractivity contribution in [1.82, 2.24) is 4.90 Å². The topological polar surface area (TPSA) is 32.3 Å². The Labute approximate surface area is 158 Å². The van der Waals surface area contributed by atoms with E-state index in [1.807, 2.05) is 16.7 Å². The molecule has 0 saturated carbocycles. The van der Waals surface area contributed by atoms with Gasteiger partial charge in [0.15, 0.2) is 0 Å². The first-order valence-corrected chi connectivity index (χ1v) is 10.8. The first-order chi connectivity index (χ1) is 12.0. The molecule has 2 heterocycles. The zero-order valence-electron chi connectivity index (χ0n) is 15.3. The molecule has 0 bridgehead atoms. The van der Waals surface area contributed by atoms with Gasteiger partial charge in [0.25, 0.3) is 0 Å². The van der Waals surface area contributed by atoms with Gasteiger partial charge in [-0.3, -0.25) is 0 Å². The average Bonchev–Trinajstić information content (AvgIpc) is 3.25. The molecule has 1 aromatic heterocycles. The van der Waals surface area contributed by atoms with Crippen LogP contribution in [-0.4, -0.2) is 23.2 Å². The van der Waals surface area contributed by atoms with E-state index in [2.05, 4.69) is 68.7 Å². The maximum absolute atomic E-state index is 13.1. The average molecular weight is 375 g/mol. The molecule has 1 aromatic carbocycles. The van der Waals surface area contributed by atoms with Crippen molar-refractivity contribution >= 4 is 34.8 Å². The van der Waals surface area contributed by atoms with Crippen LogP contribution in [0.1, 0.15) is 60.9 Å². The highest BCUT2D eigenvalue weighted by atomic mass is 32.2. The van der Waals surface area contributed by atoms with Crippen LogP contribution in [-0.2, 0) is 0 Å². The molecular formula is C20H26N2OS2. The Morgan fingerprint density at radius 1 is 1.12 bits per heavy atom. The summed E-state index contributed by atoms with van der Waals surface area (Å²) in [4.78, 5) is 16.3. The van der Waals surface area contributed by atoms with Crippen LogP contribution in [0.2, 0.25) is 0 Å². The lowest BCUT2D eigenvalue weighted by molar-refractivity contribution is 0.214. The van der Waals surface area contributed by atoms with Gasteiger partial charge in [-0.1, -0.05) is 52.0 Å². The predicted octanol–water partition coefficient (Wildman–Crippen LogP) is 6.27. The maximum atomic E-state index is 13.1. The summed E-state index contributed by atoms with van der Waals surface area (Å²) in [6, 6.07) is 10.5. The van der Waals surface area contributed by atoms with Gasteiger partial charge in [0.1, 0.15) is 5.37 Å². The van der Waals surface area contributed by atoms with Gasteiger partial charge in [0, 0.05) is 22.9 Å². The Morgan fingerprint density at radius 3 is 2.36 bits per heavy atom. The van der Waals surface area contributed by atoms with Crippen molar-refractivity contribution in [2.75, 3.05) is 17.6 Å². The van der Waals surface area contributed by atoms with Crippen molar-refractivity contribution in [1.29, 1.82) is 0 Å². The minimum absolute atomic E-state index is 0.0124. The number of thiophene rings is 1. The maximum Gasteiger partial charge on any atom is 0.323 e. The van der Waals surface area contributed by atoms with E-state index in [4.69, 9.17) is 0 Å². The Morgan fingerprint density at radius 2 is 1.80 bits per heavy atom. The van der Waals surface area contributed by atoms with Crippen molar-refractivity contribution in [3.8, 4) is 0 Å². The van der Waals surface area contributed by atoms with Crippen molar-refractivity contribution in [3.63, 3.8) is 0 Å². The SMILES string of the molecule is CC(C)c1cccc(C(C)C)c1NC(=O)N1CCSC1c1cccs1. The lowest BCUT2D eigenvalue weighted by Crippen LogP contribution is -2.34. The Balaban J connectivity index is 1.88. The number of carbonyl (C=O) groups excluding carboxylic acids is 1. The molecule has 25 heavy (non-hydrogen) atoms. The summed E-state index contributed by atoms with van der Waals surface area (Å²) in [5, 5.41) is 5.47. The Kier molecular flexibility index (Phi) is 5.74. The number of rotatable bonds is 4. The summed E-state index contributed by atoms with van der Waals surface area (Å²) < 4.78 is 0. The molecule has 5 heteroatoms. The van der Waals surface area contributed by atoms with Gasteiger partial charge in [-0.15, -0.1) is 23.1 Å². The fraction of sp³-hybridized carbons (Fsp3) is 0.450. The second-order valence-corrected chi connectivity index (χ2v) is 9.15. The third-order valence-electron chi connectivity index (χ3n) is 4.54. The number of benzene rings is 1. The molecule has 1 fully saturated rings. The summed E-state index contributed by atoms with van der Waals surface area (Å²) in [6.07, 6.45) is 0. The van der Waals surface area contributed by atoms with Gasteiger partial charge in [0.05, 0.1) is 0 Å². The fourth-order valence-corrected chi connectivity index (χ4v) is 5.45. The van der Waals surface area contributed by atoms with Crippen LogP contribution in [0.25, 0.3) is 0 Å². The molecule has 1 aliphatic heterocycles. The van der Waals surface area contributed by atoms with Crippen LogP contribution in [0.15, 0.2) is 35.7 Å². The summed E-state index contributed by atoms with van der Waals surface area (Å²) in [6.45, 7) is 9.49. The Hall–Kier alpha value is -1.46. The monoisotopic (exact) mass is 374 g/mol. The van der Waals surface area contributed by atoms with E-state index >= 15 is 0 Å². The second kappa shape index (κ2) is 7.83. The number of nitrogens with zero attached hydrogens (tertiary/aromatic N) is 1. The molecule has 1 unspecified atom stereocenters. The molecule has 0 radical (unpaired) electrons. The lowest BCUT2D eigenvalue weighted by atomic mass is 9.93. The number of anilines is 1. The first-order valence-electron chi connectivity index (χ1n) is 8.84. The molecule has 1 saturated heterocycles. The molecule has 0 spiro atoms. The quantitative estimate of drug-likeness (QED) is 0.683. The van der Waals surface area contributed by atoms with E-state index in [1.165, 1.54) is 16.0 Å². The van der Waals surface area contributed by atoms with Crippen LogP contribution >= 0.6 is 23.1 Å². The molecule has 1 aliphatic rings. The van der Waals surface area contributed by atoms with E-state index in [1.54, 1.807) is 11.3 Å². The normalized spacial score (nSPS) is 17.5. The standard InChI is InChI=1S/C20H26N2OS2/c1-13(2)15-7-5-8-16(14(3)4)18(15)21-20(23)22-10-12-25-19(22)17-9-6-11-24-17/h5-9,11,13-14,19H,10,12H2,1-4H3,(H,21,23). The molecule has 3 nitrogen and oxygen atoms in total. The van der Waals surface area contributed by atoms with Gasteiger partial charge in [-0.2, -0.15) is 0 Å². The molecule has 2 aromatic rings. The number of para-hydroxylation sites is 1. The van der Waals surface area contributed by atoms with Gasteiger partial charge >= 0.3 is 6.03 Å². The fourth-order valence-electron chi connectivity index (χ4n) is 3.22. The van der Waals surface area contributed by atoms with E-state index in [0.29, 0.717) is 11.8 Å². The van der Waals surface area contributed by atoms with E-state index in [0.717, 1.165) is 18.0 Å². The third kappa shape index (κ3) is 3.87. The van der Waals surface area contributed by atoms with Gasteiger partial charge in [-0.05, 0) is 34.4 Å². The second-order valence-electron chi connectivity index (χ2n) is 6.98. The molecule has 1 N–H and O–H groups in total. The van der Waals surface area contributed by atoms with Crippen LogP contribution < -0.4 is 5.32 Å². The van der Waals surface area contributed by atoms with Crippen molar-refractivity contribution < 1.29 is 4.79 Å². The van der Waals surface area contributed by atoms with Crippen LogP contribution in [0.3, 0.4) is 0 Å². The van der Waals surface area contributed by atoms with Crippen molar-refractivity contribution in [2.45, 2.75) is 44.9 Å². The zero-order chi connectivity index (χ0) is 18.0. The number of nitrogens with one attached hydrogen (secondary N) is 1. The van der Waals surface area contributed by atoms with E-state index < -0.39 is 0 Å². The minimum atomic E-state index is 0.0124. The number of urea groups is 1. The van der Waals surface area contributed by atoms with Crippen molar-refractivity contribution in [3.05, 3.63) is 51.7 Å². The van der Waals surface area contributed by atoms with Gasteiger partial charge in [0.2, 0.25) is 0 Å². The Bertz CT molecular complexity index is 699. The molecule has 1 atom stereocenters. The van der Waals surface area contributed by atoms with Gasteiger partial charge < -0.3 is 10.2 Å². The highest BCUT2D eigenvalue weighted by Gasteiger charge is 2.32. The van der Waals surface area contributed by atoms with Crippen molar-refractivity contribution in [2.24, 2.45) is 0 Å². The number of hydrogen-bond donors (Lipinski definition) is 1. The number of thioether (sulfide) groups is 1. The number of amides is 2.